The summed E-state index contributed by atoms with van der Waals surface area (Å²) in [5.74, 6) is -1.59. The van der Waals surface area contributed by atoms with Crippen molar-refractivity contribution in [2.45, 2.75) is 13.0 Å². The molecule has 0 heterocycles. The van der Waals surface area contributed by atoms with E-state index in [-0.39, 0.29) is 18.5 Å². The van der Waals surface area contributed by atoms with Gasteiger partial charge in [-0.05, 0) is 42.8 Å². The van der Waals surface area contributed by atoms with E-state index < -0.39 is 11.6 Å². The summed E-state index contributed by atoms with van der Waals surface area (Å²) in [4.78, 5) is 12.0. The molecule has 24 heavy (non-hydrogen) atoms. The highest BCUT2D eigenvalue weighted by Gasteiger charge is 2.11. The van der Waals surface area contributed by atoms with Crippen LogP contribution in [0.5, 0.6) is 5.75 Å². The van der Waals surface area contributed by atoms with Gasteiger partial charge in [-0.2, -0.15) is 0 Å². The zero-order chi connectivity index (χ0) is 17.7. The molecule has 0 spiro atoms. The molecule has 128 valence electrons. The van der Waals surface area contributed by atoms with Crippen molar-refractivity contribution in [1.29, 1.82) is 0 Å². The van der Waals surface area contributed by atoms with Crippen LogP contribution < -0.4 is 15.4 Å². The summed E-state index contributed by atoms with van der Waals surface area (Å²) in [6.45, 7) is 1.76. The summed E-state index contributed by atoms with van der Waals surface area (Å²) in [7, 11) is 1.50. The van der Waals surface area contributed by atoms with Crippen LogP contribution in [0.15, 0.2) is 36.4 Å². The predicted molar refractivity (Wildman–Crippen MR) is 89.4 cm³/mol. The monoisotopic (exact) mass is 354 g/mol. The maximum Gasteiger partial charge on any atom is 0.238 e. The van der Waals surface area contributed by atoms with Gasteiger partial charge in [-0.25, -0.2) is 8.78 Å². The molecule has 0 aliphatic heterocycles. The molecular formula is C17H17ClF2N2O2. The van der Waals surface area contributed by atoms with Gasteiger partial charge in [0.2, 0.25) is 5.91 Å². The molecule has 2 aromatic carbocycles. The molecule has 2 aromatic rings. The maximum atomic E-state index is 13.2. The molecule has 0 unspecified atom stereocenters. The topological polar surface area (TPSA) is 50.4 Å². The predicted octanol–water partition coefficient (Wildman–Crippen LogP) is 3.92. The first-order valence-corrected chi connectivity index (χ1v) is 7.60. The molecule has 2 N–H and O–H groups in total. The van der Waals surface area contributed by atoms with Crippen molar-refractivity contribution in [2.75, 3.05) is 19.0 Å². The molecule has 7 heteroatoms. The van der Waals surface area contributed by atoms with Crippen molar-refractivity contribution in [2.24, 2.45) is 0 Å². The Morgan fingerprint density at radius 3 is 2.58 bits per heavy atom. The number of hydrogen-bond donors (Lipinski definition) is 2. The SMILES string of the molecule is COc1ccc(NC(=O)CN[C@H](C)c2ccc(F)c(F)c2)cc1Cl. The van der Waals surface area contributed by atoms with Crippen LogP contribution >= 0.6 is 11.6 Å². The minimum atomic E-state index is -0.918. The second-order valence-electron chi connectivity index (χ2n) is 5.17. The van der Waals surface area contributed by atoms with E-state index in [0.29, 0.717) is 22.0 Å². The lowest BCUT2D eigenvalue weighted by molar-refractivity contribution is -0.115. The van der Waals surface area contributed by atoms with Crippen molar-refractivity contribution < 1.29 is 18.3 Å². The number of carbonyl (C=O) groups excluding carboxylic acids is 1. The highest BCUT2D eigenvalue weighted by Crippen LogP contribution is 2.27. The summed E-state index contributed by atoms with van der Waals surface area (Å²) >= 11 is 5.99. The number of amides is 1. The second-order valence-corrected chi connectivity index (χ2v) is 5.58. The van der Waals surface area contributed by atoms with E-state index in [2.05, 4.69) is 10.6 Å². The number of rotatable bonds is 6. The maximum absolute atomic E-state index is 13.2. The number of methoxy groups -OCH3 is 1. The van der Waals surface area contributed by atoms with Gasteiger partial charge in [0, 0.05) is 11.7 Å². The van der Waals surface area contributed by atoms with E-state index in [0.717, 1.165) is 12.1 Å². The van der Waals surface area contributed by atoms with Crippen LogP contribution in [0.25, 0.3) is 0 Å². The fraction of sp³-hybridized carbons (Fsp3) is 0.235. The van der Waals surface area contributed by atoms with Gasteiger partial charge in [0.1, 0.15) is 5.75 Å². The third-order valence-electron chi connectivity index (χ3n) is 3.45. The molecule has 0 aliphatic carbocycles. The molecule has 0 fully saturated rings. The third-order valence-corrected chi connectivity index (χ3v) is 3.74. The van der Waals surface area contributed by atoms with Gasteiger partial charge >= 0.3 is 0 Å². The van der Waals surface area contributed by atoms with E-state index in [1.807, 2.05) is 0 Å². The van der Waals surface area contributed by atoms with Crippen molar-refractivity contribution >= 4 is 23.2 Å². The molecular weight excluding hydrogens is 338 g/mol. The van der Waals surface area contributed by atoms with E-state index >= 15 is 0 Å². The van der Waals surface area contributed by atoms with Crippen molar-refractivity contribution in [3.8, 4) is 5.75 Å². The zero-order valence-electron chi connectivity index (χ0n) is 13.2. The van der Waals surface area contributed by atoms with Gasteiger partial charge in [0.25, 0.3) is 0 Å². The molecule has 1 amide bonds. The Kier molecular flexibility index (Phi) is 6.11. The van der Waals surface area contributed by atoms with E-state index in [9.17, 15) is 13.6 Å². The van der Waals surface area contributed by atoms with E-state index in [1.165, 1.54) is 13.2 Å². The van der Waals surface area contributed by atoms with Gasteiger partial charge in [-0.1, -0.05) is 17.7 Å². The Bertz CT molecular complexity index is 741. The van der Waals surface area contributed by atoms with Crippen molar-refractivity contribution in [3.63, 3.8) is 0 Å². The molecule has 0 saturated carbocycles. The van der Waals surface area contributed by atoms with Crippen LogP contribution in [0, 0.1) is 11.6 Å². The average Bonchev–Trinajstić information content (AvgIpc) is 2.55. The Labute approximate surface area is 143 Å². The fourth-order valence-electron chi connectivity index (χ4n) is 2.09. The molecule has 4 nitrogen and oxygen atoms in total. The quantitative estimate of drug-likeness (QED) is 0.826. The van der Waals surface area contributed by atoms with Crippen LogP contribution in [0.3, 0.4) is 0 Å². The largest absolute Gasteiger partial charge is 0.495 e. The molecule has 0 saturated heterocycles. The van der Waals surface area contributed by atoms with Gasteiger partial charge < -0.3 is 15.4 Å². The molecule has 1 atom stereocenters. The first-order chi connectivity index (χ1) is 11.4. The first-order valence-electron chi connectivity index (χ1n) is 7.22. The second kappa shape index (κ2) is 8.08. The number of benzene rings is 2. The lowest BCUT2D eigenvalue weighted by Gasteiger charge is -2.14. The van der Waals surface area contributed by atoms with Gasteiger partial charge in [-0.3, -0.25) is 4.79 Å². The third kappa shape index (κ3) is 4.66. The van der Waals surface area contributed by atoms with Crippen molar-refractivity contribution in [1.82, 2.24) is 5.32 Å². The minimum Gasteiger partial charge on any atom is -0.495 e. The Hall–Kier alpha value is -2.18. The van der Waals surface area contributed by atoms with Gasteiger partial charge in [0.15, 0.2) is 11.6 Å². The summed E-state index contributed by atoms with van der Waals surface area (Å²) in [6, 6.07) is 8.21. The van der Waals surface area contributed by atoms with Crippen LogP contribution in [0.2, 0.25) is 5.02 Å². The average molecular weight is 355 g/mol. The number of anilines is 1. The Morgan fingerprint density at radius 2 is 1.96 bits per heavy atom. The summed E-state index contributed by atoms with van der Waals surface area (Å²) in [5.41, 5.74) is 1.09. The summed E-state index contributed by atoms with van der Waals surface area (Å²) in [5, 5.41) is 6.02. The first kappa shape index (κ1) is 18.2. The summed E-state index contributed by atoms with van der Waals surface area (Å²) in [6.07, 6.45) is 0. The van der Waals surface area contributed by atoms with Crippen LogP contribution in [0.4, 0.5) is 14.5 Å². The molecule has 0 aliphatic rings. The lowest BCUT2D eigenvalue weighted by atomic mass is 10.1. The number of hydrogen-bond acceptors (Lipinski definition) is 3. The van der Waals surface area contributed by atoms with Crippen LogP contribution in [0.1, 0.15) is 18.5 Å². The lowest BCUT2D eigenvalue weighted by Crippen LogP contribution is -2.30. The van der Waals surface area contributed by atoms with E-state index in [4.69, 9.17) is 16.3 Å². The zero-order valence-corrected chi connectivity index (χ0v) is 14.0. The molecule has 0 aromatic heterocycles. The smallest absolute Gasteiger partial charge is 0.238 e. The number of carbonyl (C=O) groups is 1. The minimum absolute atomic E-state index is 0.00378. The number of halogens is 3. The molecule has 0 bridgehead atoms. The van der Waals surface area contributed by atoms with Crippen LogP contribution in [-0.4, -0.2) is 19.6 Å². The highest BCUT2D eigenvalue weighted by atomic mass is 35.5. The fourth-order valence-corrected chi connectivity index (χ4v) is 2.35. The van der Waals surface area contributed by atoms with Crippen molar-refractivity contribution in [3.05, 3.63) is 58.6 Å². The standard InChI is InChI=1S/C17H17ClF2N2O2/c1-10(11-3-5-14(19)15(20)7-11)21-9-17(23)22-12-4-6-16(24-2)13(18)8-12/h3-8,10,21H,9H2,1-2H3,(H,22,23)/t10-/m1/s1. The molecule has 0 radical (unpaired) electrons. The molecule has 2 rings (SSSR count). The Morgan fingerprint density at radius 1 is 1.21 bits per heavy atom. The summed E-state index contributed by atoms with van der Waals surface area (Å²) < 4.78 is 31.2. The highest BCUT2D eigenvalue weighted by molar-refractivity contribution is 6.32. The number of nitrogens with one attached hydrogen (secondary N) is 2. The normalized spacial score (nSPS) is 11.9. The van der Waals surface area contributed by atoms with Gasteiger partial charge in [0.05, 0.1) is 18.7 Å². The van der Waals surface area contributed by atoms with Gasteiger partial charge in [-0.15, -0.1) is 0 Å². The van der Waals surface area contributed by atoms with E-state index in [1.54, 1.807) is 25.1 Å². The number of ether oxygens (including phenoxy) is 1. The van der Waals surface area contributed by atoms with Crippen LogP contribution in [-0.2, 0) is 4.79 Å². The Balaban J connectivity index is 1.90.